The third-order valence-corrected chi connectivity index (χ3v) is 4.53. The highest BCUT2D eigenvalue weighted by molar-refractivity contribution is 7.80. The van der Waals surface area contributed by atoms with Gasteiger partial charge in [-0.15, -0.1) is 0 Å². The van der Waals surface area contributed by atoms with Gasteiger partial charge in [0.25, 0.3) is 0 Å². The molecule has 0 aliphatic heterocycles. The lowest BCUT2D eigenvalue weighted by Gasteiger charge is -2.16. The van der Waals surface area contributed by atoms with Crippen LogP contribution in [-0.4, -0.2) is 14.9 Å². The molecule has 9 heteroatoms. The van der Waals surface area contributed by atoms with Crippen LogP contribution in [0.15, 0.2) is 48.5 Å². The van der Waals surface area contributed by atoms with Gasteiger partial charge in [-0.1, -0.05) is 24.3 Å². The topological polar surface area (TPSA) is 41.9 Å². The van der Waals surface area contributed by atoms with Crippen LogP contribution in [0, 0.1) is 19.7 Å². The maximum atomic E-state index is 13.4. The maximum Gasteiger partial charge on any atom is 0.418 e. The molecule has 0 saturated heterocycles. The Morgan fingerprint density at radius 1 is 1.07 bits per heavy atom. The van der Waals surface area contributed by atoms with Gasteiger partial charge in [0.2, 0.25) is 0 Å². The van der Waals surface area contributed by atoms with Gasteiger partial charge in [0.1, 0.15) is 5.82 Å². The average Bonchev–Trinajstić information content (AvgIpc) is 2.89. The lowest BCUT2D eigenvalue weighted by molar-refractivity contribution is -0.136. The van der Waals surface area contributed by atoms with Gasteiger partial charge in [0, 0.05) is 0 Å². The number of halogens is 4. The number of aromatic nitrogens is 2. The van der Waals surface area contributed by atoms with Crippen LogP contribution in [0.1, 0.15) is 22.5 Å². The minimum absolute atomic E-state index is 0.0122. The Balaban J connectivity index is 1.77. The summed E-state index contributed by atoms with van der Waals surface area (Å²) in [6.07, 6.45) is -4.50. The van der Waals surface area contributed by atoms with Crippen molar-refractivity contribution in [3.05, 3.63) is 76.9 Å². The highest BCUT2D eigenvalue weighted by Crippen LogP contribution is 2.34. The maximum absolute atomic E-state index is 13.4. The highest BCUT2D eigenvalue weighted by Gasteiger charge is 2.33. The standard InChI is InChI=1S/C20H18F4N4S/c1-12-18(13(2)28(27-12)11-14-6-5-7-15(21)10-14)26-19(29)25-17-9-4-3-8-16(17)20(22,23)24/h3-10H,11H2,1-2H3,(H2,25,26,29). The SMILES string of the molecule is Cc1nn(Cc2cccc(F)c2)c(C)c1NC(=S)Nc1ccccc1C(F)(F)F. The summed E-state index contributed by atoms with van der Waals surface area (Å²) in [6.45, 7) is 3.90. The first kappa shape index (κ1) is 20.8. The van der Waals surface area contributed by atoms with E-state index >= 15 is 0 Å². The Hall–Kier alpha value is -2.94. The normalized spacial score (nSPS) is 11.4. The molecular formula is C20H18F4N4S. The second-order valence-corrected chi connectivity index (χ2v) is 6.86. The van der Waals surface area contributed by atoms with E-state index in [9.17, 15) is 17.6 Å². The van der Waals surface area contributed by atoms with Crippen molar-refractivity contribution in [2.45, 2.75) is 26.6 Å². The van der Waals surface area contributed by atoms with Gasteiger partial charge in [-0.3, -0.25) is 4.68 Å². The van der Waals surface area contributed by atoms with Gasteiger partial charge in [-0.2, -0.15) is 18.3 Å². The van der Waals surface area contributed by atoms with Crippen molar-refractivity contribution >= 4 is 28.7 Å². The number of para-hydroxylation sites is 1. The zero-order valence-corrected chi connectivity index (χ0v) is 16.5. The van der Waals surface area contributed by atoms with Gasteiger partial charge in [-0.05, 0) is 55.9 Å². The summed E-state index contributed by atoms with van der Waals surface area (Å²) in [7, 11) is 0. The van der Waals surface area contributed by atoms with Crippen LogP contribution >= 0.6 is 12.2 Å². The summed E-state index contributed by atoms with van der Waals surface area (Å²) in [4.78, 5) is 0. The Kier molecular flexibility index (Phi) is 5.88. The van der Waals surface area contributed by atoms with E-state index in [4.69, 9.17) is 12.2 Å². The fourth-order valence-corrected chi connectivity index (χ4v) is 3.16. The van der Waals surface area contributed by atoms with Gasteiger partial charge in [-0.25, -0.2) is 4.39 Å². The first-order chi connectivity index (χ1) is 13.6. The van der Waals surface area contributed by atoms with Crippen LogP contribution in [0.2, 0.25) is 0 Å². The van der Waals surface area contributed by atoms with E-state index in [1.165, 1.54) is 30.3 Å². The zero-order chi connectivity index (χ0) is 21.2. The van der Waals surface area contributed by atoms with Crippen molar-refractivity contribution in [1.29, 1.82) is 0 Å². The van der Waals surface area contributed by atoms with Crippen LogP contribution in [0.5, 0.6) is 0 Å². The fourth-order valence-electron chi connectivity index (χ4n) is 2.95. The number of rotatable bonds is 4. The van der Waals surface area contributed by atoms with Crippen LogP contribution in [0.25, 0.3) is 0 Å². The summed E-state index contributed by atoms with van der Waals surface area (Å²) in [5.74, 6) is -0.337. The summed E-state index contributed by atoms with van der Waals surface area (Å²) in [6, 6.07) is 11.3. The molecule has 0 aliphatic rings. The Bertz CT molecular complexity index is 1040. The van der Waals surface area contributed by atoms with Crippen LogP contribution in [0.3, 0.4) is 0 Å². The second-order valence-electron chi connectivity index (χ2n) is 6.46. The summed E-state index contributed by atoms with van der Waals surface area (Å²) in [5, 5.41) is 9.95. The van der Waals surface area contributed by atoms with Crippen molar-refractivity contribution in [2.75, 3.05) is 10.6 Å². The molecule has 0 unspecified atom stereocenters. The molecule has 3 rings (SSSR count). The Labute approximate surface area is 170 Å². The smallest absolute Gasteiger partial charge is 0.332 e. The number of nitrogens with zero attached hydrogens (tertiary/aromatic N) is 2. The number of hydrogen-bond donors (Lipinski definition) is 2. The second kappa shape index (κ2) is 8.20. The third kappa shape index (κ3) is 4.92. The van der Waals surface area contributed by atoms with E-state index in [1.54, 1.807) is 30.7 Å². The molecule has 0 fully saturated rings. The first-order valence-electron chi connectivity index (χ1n) is 8.68. The summed E-state index contributed by atoms with van der Waals surface area (Å²) < 4.78 is 54.5. The van der Waals surface area contributed by atoms with Crippen LogP contribution in [-0.2, 0) is 12.7 Å². The predicted octanol–water partition coefficient (Wildman–Crippen LogP) is 5.52. The molecule has 152 valence electrons. The minimum Gasteiger partial charge on any atom is -0.332 e. The molecule has 1 heterocycles. The molecule has 0 radical (unpaired) electrons. The van der Waals surface area contributed by atoms with Gasteiger partial charge in [0.05, 0.1) is 34.9 Å². The Morgan fingerprint density at radius 3 is 2.48 bits per heavy atom. The lowest BCUT2D eigenvalue weighted by atomic mass is 10.1. The quantitative estimate of drug-likeness (QED) is 0.430. The molecule has 0 saturated carbocycles. The molecule has 4 nitrogen and oxygen atoms in total. The van der Waals surface area contributed by atoms with E-state index in [0.717, 1.165) is 17.3 Å². The number of alkyl halides is 3. The molecule has 1 aromatic heterocycles. The van der Waals surface area contributed by atoms with E-state index in [-0.39, 0.29) is 16.6 Å². The van der Waals surface area contributed by atoms with Gasteiger partial charge < -0.3 is 10.6 Å². The fraction of sp³-hybridized carbons (Fsp3) is 0.200. The largest absolute Gasteiger partial charge is 0.418 e. The van der Waals surface area contributed by atoms with Crippen molar-refractivity contribution in [3.63, 3.8) is 0 Å². The lowest BCUT2D eigenvalue weighted by Crippen LogP contribution is -2.22. The summed E-state index contributed by atoms with van der Waals surface area (Å²) >= 11 is 5.20. The predicted molar refractivity (Wildman–Crippen MR) is 108 cm³/mol. The monoisotopic (exact) mass is 422 g/mol. The molecule has 3 aromatic rings. The van der Waals surface area contributed by atoms with Crippen molar-refractivity contribution < 1.29 is 17.6 Å². The number of thiocarbonyl (C=S) groups is 1. The highest BCUT2D eigenvalue weighted by atomic mass is 32.1. The van der Waals surface area contributed by atoms with Crippen molar-refractivity contribution in [1.82, 2.24) is 9.78 Å². The minimum atomic E-state index is -4.50. The molecular weight excluding hydrogens is 404 g/mol. The molecule has 2 aromatic carbocycles. The summed E-state index contributed by atoms with van der Waals surface area (Å²) in [5.41, 5.74) is 1.72. The van der Waals surface area contributed by atoms with E-state index in [1.807, 2.05) is 0 Å². The number of anilines is 2. The zero-order valence-electron chi connectivity index (χ0n) is 15.6. The van der Waals surface area contributed by atoms with E-state index in [0.29, 0.717) is 17.9 Å². The number of aryl methyl sites for hydroxylation is 1. The molecule has 0 bridgehead atoms. The van der Waals surface area contributed by atoms with E-state index in [2.05, 4.69) is 15.7 Å². The third-order valence-electron chi connectivity index (χ3n) is 4.32. The number of hydrogen-bond acceptors (Lipinski definition) is 2. The average molecular weight is 422 g/mol. The van der Waals surface area contributed by atoms with E-state index < -0.39 is 11.7 Å². The molecule has 0 atom stereocenters. The van der Waals surface area contributed by atoms with Crippen molar-refractivity contribution in [2.24, 2.45) is 0 Å². The first-order valence-corrected chi connectivity index (χ1v) is 9.08. The number of benzene rings is 2. The van der Waals surface area contributed by atoms with Gasteiger partial charge >= 0.3 is 6.18 Å². The van der Waals surface area contributed by atoms with Crippen LogP contribution in [0.4, 0.5) is 28.9 Å². The molecule has 0 aliphatic carbocycles. The molecule has 0 amide bonds. The number of nitrogens with one attached hydrogen (secondary N) is 2. The molecule has 29 heavy (non-hydrogen) atoms. The van der Waals surface area contributed by atoms with Crippen molar-refractivity contribution in [3.8, 4) is 0 Å². The molecule has 2 N–H and O–H groups in total. The van der Waals surface area contributed by atoms with Crippen LogP contribution < -0.4 is 10.6 Å². The Morgan fingerprint density at radius 2 is 1.79 bits per heavy atom. The molecule has 0 spiro atoms. The van der Waals surface area contributed by atoms with Gasteiger partial charge in [0.15, 0.2) is 5.11 Å².